The Labute approximate surface area is 76.0 Å². The first-order valence-corrected chi connectivity index (χ1v) is 4.11. The van der Waals surface area contributed by atoms with Gasteiger partial charge in [-0.25, -0.2) is 9.86 Å². The van der Waals surface area contributed by atoms with Gasteiger partial charge in [-0.3, -0.25) is 9.63 Å². The number of hydrogen-bond acceptors (Lipinski definition) is 3. The summed E-state index contributed by atoms with van der Waals surface area (Å²) >= 11 is 0. The van der Waals surface area contributed by atoms with Crippen molar-refractivity contribution in [2.75, 3.05) is 13.2 Å². The van der Waals surface area contributed by atoms with Crippen molar-refractivity contribution >= 4 is 11.9 Å². The number of urea groups is 1. The largest absolute Gasteiger partial charge is 0.368 e. The van der Waals surface area contributed by atoms with E-state index in [-0.39, 0.29) is 0 Å². The molecule has 74 valence electrons. The lowest BCUT2D eigenvalue weighted by Gasteiger charge is -2.17. The molecule has 0 aromatic heterocycles. The van der Waals surface area contributed by atoms with Gasteiger partial charge < -0.3 is 11.1 Å². The van der Waals surface area contributed by atoms with Crippen LogP contribution >= 0.6 is 0 Å². The summed E-state index contributed by atoms with van der Waals surface area (Å²) in [4.78, 5) is 26.8. The van der Waals surface area contributed by atoms with Gasteiger partial charge in [0.1, 0.15) is 6.04 Å². The van der Waals surface area contributed by atoms with E-state index in [0.29, 0.717) is 13.2 Å². The van der Waals surface area contributed by atoms with Crippen LogP contribution in [0.3, 0.4) is 0 Å². The van der Waals surface area contributed by atoms with Gasteiger partial charge in [-0.05, 0) is 13.3 Å². The second-order valence-corrected chi connectivity index (χ2v) is 2.86. The Kier molecular flexibility index (Phi) is 3.07. The van der Waals surface area contributed by atoms with Crippen molar-refractivity contribution in [3.63, 3.8) is 0 Å². The van der Waals surface area contributed by atoms with Crippen LogP contribution in [0.2, 0.25) is 0 Å². The zero-order chi connectivity index (χ0) is 9.84. The molecule has 0 aliphatic carbocycles. The summed E-state index contributed by atoms with van der Waals surface area (Å²) in [6.45, 7) is 2.62. The predicted octanol–water partition coefficient (Wildman–Crippen LogP) is -0.793. The molecule has 0 saturated carbocycles. The molecule has 1 unspecified atom stereocenters. The Balaban J connectivity index is 2.35. The fourth-order valence-electron chi connectivity index (χ4n) is 0.936. The molecule has 3 amide bonds. The van der Waals surface area contributed by atoms with Crippen LogP contribution in [0, 0.1) is 0 Å². The Bertz CT molecular complexity index is 213. The highest BCUT2D eigenvalue weighted by atomic mass is 16.7. The minimum atomic E-state index is -0.670. The average Bonchev–Trinajstić information content (AvgIpc) is 2.55. The summed E-state index contributed by atoms with van der Waals surface area (Å²) in [7, 11) is 0. The Morgan fingerprint density at radius 3 is 2.77 bits per heavy atom. The Morgan fingerprint density at radius 1 is 1.62 bits per heavy atom. The topological polar surface area (TPSA) is 84.7 Å². The second kappa shape index (κ2) is 4.08. The first-order valence-electron chi connectivity index (χ1n) is 4.11. The number of carbonyl (C=O) groups excluding carboxylic acids is 2. The Morgan fingerprint density at radius 2 is 2.31 bits per heavy atom. The number of primary amides is 1. The first-order chi connectivity index (χ1) is 6.11. The number of hydrogen-bond donors (Lipinski definition) is 2. The number of rotatable bonds is 2. The summed E-state index contributed by atoms with van der Waals surface area (Å²) in [5.41, 5.74) is 4.97. The van der Waals surface area contributed by atoms with Gasteiger partial charge in [0.15, 0.2) is 0 Å². The maximum absolute atomic E-state index is 11.2. The predicted molar refractivity (Wildman–Crippen MR) is 44.5 cm³/mol. The van der Waals surface area contributed by atoms with Crippen molar-refractivity contribution in [2.45, 2.75) is 19.4 Å². The molecule has 1 aliphatic rings. The van der Waals surface area contributed by atoms with Gasteiger partial charge in [0, 0.05) is 0 Å². The smallest absolute Gasteiger partial charge is 0.341 e. The molecule has 13 heavy (non-hydrogen) atoms. The van der Waals surface area contributed by atoms with Crippen molar-refractivity contribution in [2.24, 2.45) is 5.73 Å². The number of carbonyl (C=O) groups is 2. The molecule has 3 N–H and O–H groups in total. The van der Waals surface area contributed by atoms with Crippen LogP contribution in [0.15, 0.2) is 0 Å². The van der Waals surface area contributed by atoms with E-state index in [1.165, 1.54) is 12.0 Å². The zero-order valence-electron chi connectivity index (χ0n) is 7.45. The van der Waals surface area contributed by atoms with E-state index in [0.717, 1.165) is 6.42 Å². The number of amides is 3. The number of nitrogens with two attached hydrogens (primary N) is 1. The highest BCUT2D eigenvalue weighted by molar-refractivity contribution is 5.85. The lowest BCUT2D eigenvalue weighted by atomic mass is 10.3. The first kappa shape index (κ1) is 9.79. The molecule has 0 radical (unpaired) electrons. The quantitative estimate of drug-likeness (QED) is 0.594. The van der Waals surface area contributed by atoms with E-state index in [9.17, 15) is 9.59 Å². The standard InChI is InChI=1S/C7H13N3O3/c1-5(6(8)11)9-7(12)10-3-2-4-13-10/h5H,2-4H2,1H3,(H2,8,11)(H,9,12). The molecule has 1 atom stereocenters. The third-order valence-corrected chi connectivity index (χ3v) is 1.75. The van der Waals surface area contributed by atoms with Crippen molar-refractivity contribution in [3.8, 4) is 0 Å². The highest BCUT2D eigenvalue weighted by Crippen LogP contribution is 2.03. The van der Waals surface area contributed by atoms with Crippen molar-refractivity contribution < 1.29 is 14.4 Å². The van der Waals surface area contributed by atoms with E-state index in [4.69, 9.17) is 10.6 Å². The van der Waals surface area contributed by atoms with E-state index >= 15 is 0 Å². The van der Waals surface area contributed by atoms with Gasteiger partial charge in [0.2, 0.25) is 5.91 Å². The number of nitrogens with zero attached hydrogens (tertiary/aromatic N) is 1. The molecule has 0 aromatic carbocycles. The lowest BCUT2D eigenvalue weighted by Crippen LogP contribution is -2.47. The molecular weight excluding hydrogens is 174 g/mol. The third kappa shape index (κ3) is 2.59. The van der Waals surface area contributed by atoms with Crippen LogP contribution < -0.4 is 11.1 Å². The fourth-order valence-corrected chi connectivity index (χ4v) is 0.936. The molecule has 1 rings (SSSR count). The summed E-state index contributed by atoms with van der Waals surface area (Å²) in [6.07, 6.45) is 0.818. The lowest BCUT2D eigenvalue weighted by molar-refractivity contribution is -0.119. The molecule has 0 bridgehead atoms. The zero-order valence-corrected chi connectivity index (χ0v) is 7.45. The molecule has 0 aromatic rings. The molecule has 6 nitrogen and oxygen atoms in total. The molecule has 0 spiro atoms. The monoisotopic (exact) mass is 187 g/mol. The van der Waals surface area contributed by atoms with E-state index in [1.54, 1.807) is 0 Å². The third-order valence-electron chi connectivity index (χ3n) is 1.75. The van der Waals surface area contributed by atoms with Crippen LogP contribution in [0.5, 0.6) is 0 Å². The van der Waals surface area contributed by atoms with Gasteiger partial charge in [-0.15, -0.1) is 0 Å². The molecule has 1 heterocycles. The van der Waals surface area contributed by atoms with Crippen LogP contribution in [0.4, 0.5) is 4.79 Å². The molecule has 6 heteroatoms. The number of hydroxylamine groups is 2. The molecule has 1 aliphatic heterocycles. The van der Waals surface area contributed by atoms with Crippen molar-refractivity contribution in [3.05, 3.63) is 0 Å². The van der Waals surface area contributed by atoms with Gasteiger partial charge in [-0.2, -0.15) is 0 Å². The molecule has 1 saturated heterocycles. The minimum absolute atomic E-state index is 0.413. The van der Waals surface area contributed by atoms with E-state index in [2.05, 4.69) is 5.32 Å². The molecular formula is C7H13N3O3. The van der Waals surface area contributed by atoms with Crippen LogP contribution in [0.1, 0.15) is 13.3 Å². The second-order valence-electron chi connectivity index (χ2n) is 2.86. The SMILES string of the molecule is CC(NC(=O)N1CCCO1)C(N)=O. The fraction of sp³-hybridized carbons (Fsp3) is 0.714. The minimum Gasteiger partial charge on any atom is -0.368 e. The summed E-state index contributed by atoms with van der Waals surface area (Å²) in [6, 6.07) is -1.08. The molecule has 1 fully saturated rings. The van der Waals surface area contributed by atoms with Crippen molar-refractivity contribution in [1.29, 1.82) is 0 Å². The van der Waals surface area contributed by atoms with Crippen LogP contribution in [-0.4, -0.2) is 36.2 Å². The summed E-state index contributed by atoms with van der Waals surface area (Å²) < 4.78 is 0. The van der Waals surface area contributed by atoms with Gasteiger partial charge in [0.05, 0.1) is 13.2 Å². The average molecular weight is 187 g/mol. The summed E-state index contributed by atoms with van der Waals surface area (Å²) in [5, 5.41) is 3.60. The van der Waals surface area contributed by atoms with Crippen molar-refractivity contribution in [1.82, 2.24) is 10.4 Å². The normalized spacial score (nSPS) is 18.4. The Hall–Kier alpha value is -1.30. The van der Waals surface area contributed by atoms with Gasteiger partial charge >= 0.3 is 6.03 Å². The maximum atomic E-state index is 11.2. The number of nitrogens with one attached hydrogen (secondary N) is 1. The van der Waals surface area contributed by atoms with Crippen LogP contribution in [-0.2, 0) is 9.63 Å². The van der Waals surface area contributed by atoms with Crippen LogP contribution in [0.25, 0.3) is 0 Å². The highest BCUT2D eigenvalue weighted by Gasteiger charge is 2.21. The summed E-state index contributed by atoms with van der Waals surface area (Å²) in [5.74, 6) is -0.562. The van der Waals surface area contributed by atoms with E-state index < -0.39 is 18.0 Å². The maximum Gasteiger partial charge on any atom is 0.341 e. The van der Waals surface area contributed by atoms with E-state index in [1.807, 2.05) is 0 Å². The van der Waals surface area contributed by atoms with Gasteiger partial charge in [-0.1, -0.05) is 0 Å². The van der Waals surface area contributed by atoms with Gasteiger partial charge in [0.25, 0.3) is 0 Å².